The molecular formula is C18H15NO5. The molecule has 0 spiro atoms. The Morgan fingerprint density at radius 3 is 2.54 bits per heavy atom. The van der Waals surface area contributed by atoms with Gasteiger partial charge in [0.25, 0.3) is 0 Å². The lowest BCUT2D eigenvalue weighted by Gasteiger charge is -2.12. The Balaban J connectivity index is 2.01. The van der Waals surface area contributed by atoms with E-state index in [1.807, 2.05) is 30.3 Å². The number of ether oxygens (including phenoxy) is 1. The van der Waals surface area contributed by atoms with Gasteiger partial charge in [-0.1, -0.05) is 36.4 Å². The topological polar surface area (TPSA) is 88.9 Å². The molecule has 3 aromatic rings. The molecule has 24 heavy (non-hydrogen) atoms. The number of aliphatic hydroxyl groups is 1. The number of hydrogen-bond acceptors (Lipinski definition) is 6. The molecule has 122 valence electrons. The van der Waals surface area contributed by atoms with Gasteiger partial charge in [-0.15, -0.1) is 0 Å². The molecule has 0 saturated carbocycles. The maximum atomic E-state index is 11.5. The third kappa shape index (κ3) is 3.19. The molecule has 3 rings (SSSR count). The van der Waals surface area contributed by atoms with Crippen LogP contribution in [0.15, 0.2) is 54.6 Å². The molecule has 2 aromatic carbocycles. The van der Waals surface area contributed by atoms with Crippen LogP contribution in [0.1, 0.15) is 21.6 Å². The van der Waals surface area contributed by atoms with Gasteiger partial charge in [-0.2, -0.15) is 5.26 Å². The van der Waals surface area contributed by atoms with Crippen LogP contribution in [0.4, 0.5) is 0 Å². The number of carbonyl (C=O) groups excluding carboxylic acids is 1. The second-order valence-corrected chi connectivity index (χ2v) is 5.13. The summed E-state index contributed by atoms with van der Waals surface area (Å²) in [6.07, 6.45) is 0. The van der Waals surface area contributed by atoms with E-state index in [4.69, 9.17) is 9.99 Å². The predicted octanol–water partition coefficient (Wildman–Crippen LogP) is 2.94. The summed E-state index contributed by atoms with van der Waals surface area (Å²) >= 11 is 0. The first kappa shape index (κ1) is 15.9. The standard InChI is InChI=1S/C18H15NO5/c20-10-13-6-9-16(23-11-12-4-2-1-3-5-12)17-14(13)7-8-15(19-17)18(21)24-22/h1-9,20,22H,10-11H2. The molecule has 0 bridgehead atoms. The Bertz CT molecular complexity index is 864. The Labute approximate surface area is 137 Å². The second-order valence-electron chi connectivity index (χ2n) is 5.13. The lowest BCUT2D eigenvalue weighted by Crippen LogP contribution is -2.06. The maximum Gasteiger partial charge on any atom is 0.390 e. The first-order valence-corrected chi connectivity index (χ1v) is 7.29. The van der Waals surface area contributed by atoms with Crippen molar-refractivity contribution in [1.82, 2.24) is 4.98 Å². The molecule has 0 aliphatic heterocycles. The molecular weight excluding hydrogens is 310 g/mol. The van der Waals surface area contributed by atoms with Crippen LogP contribution in [0.5, 0.6) is 5.75 Å². The van der Waals surface area contributed by atoms with Crippen LogP contribution in [0.3, 0.4) is 0 Å². The van der Waals surface area contributed by atoms with E-state index in [-0.39, 0.29) is 12.3 Å². The summed E-state index contributed by atoms with van der Waals surface area (Å²) in [7, 11) is 0. The van der Waals surface area contributed by atoms with Crippen molar-refractivity contribution in [3.05, 3.63) is 71.4 Å². The van der Waals surface area contributed by atoms with Gasteiger partial charge in [0.2, 0.25) is 0 Å². The fourth-order valence-corrected chi connectivity index (χ4v) is 2.40. The minimum atomic E-state index is -0.958. The van der Waals surface area contributed by atoms with Crippen molar-refractivity contribution in [2.45, 2.75) is 13.2 Å². The van der Waals surface area contributed by atoms with E-state index in [1.165, 1.54) is 6.07 Å². The first-order chi connectivity index (χ1) is 11.7. The van der Waals surface area contributed by atoms with E-state index in [1.54, 1.807) is 18.2 Å². The van der Waals surface area contributed by atoms with Gasteiger partial charge in [-0.05, 0) is 29.3 Å². The average molecular weight is 325 g/mol. The van der Waals surface area contributed by atoms with Crippen molar-refractivity contribution >= 4 is 16.9 Å². The molecule has 2 N–H and O–H groups in total. The number of nitrogens with zero attached hydrogens (tertiary/aromatic N) is 1. The van der Waals surface area contributed by atoms with Crippen LogP contribution in [0.25, 0.3) is 10.9 Å². The van der Waals surface area contributed by atoms with Crippen LogP contribution in [0.2, 0.25) is 0 Å². The molecule has 0 unspecified atom stereocenters. The zero-order valence-corrected chi connectivity index (χ0v) is 12.7. The van der Waals surface area contributed by atoms with Crippen LogP contribution in [-0.4, -0.2) is 21.3 Å². The summed E-state index contributed by atoms with van der Waals surface area (Å²) in [5.41, 5.74) is 2.02. The van der Waals surface area contributed by atoms with Crippen LogP contribution < -0.4 is 4.74 Å². The van der Waals surface area contributed by atoms with Crippen molar-refractivity contribution in [2.75, 3.05) is 0 Å². The van der Waals surface area contributed by atoms with Crippen LogP contribution in [0, 0.1) is 0 Å². The van der Waals surface area contributed by atoms with E-state index in [2.05, 4.69) is 9.87 Å². The van der Waals surface area contributed by atoms with E-state index in [0.717, 1.165) is 5.56 Å². The second kappa shape index (κ2) is 7.08. The van der Waals surface area contributed by atoms with Gasteiger partial charge in [-0.3, -0.25) is 4.89 Å². The molecule has 0 atom stereocenters. The number of carbonyl (C=O) groups is 1. The highest BCUT2D eigenvalue weighted by atomic mass is 17.1. The number of aromatic nitrogens is 1. The third-order valence-corrected chi connectivity index (χ3v) is 3.61. The van der Waals surface area contributed by atoms with Crippen molar-refractivity contribution in [2.24, 2.45) is 0 Å². The molecule has 0 saturated heterocycles. The van der Waals surface area contributed by atoms with E-state index in [9.17, 15) is 9.90 Å². The van der Waals surface area contributed by atoms with Crippen molar-refractivity contribution < 1.29 is 24.8 Å². The summed E-state index contributed by atoms with van der Waals surface area (Å²) in [4.78, 5) is 19.4. The molecule has 0 amide bonds. The van der Waals surface area contributed by atoms with Gasteiger partial charge in [0.1, 0.15) is 17.9 Å². The smallest absolute Gasteiger partial charge is 0.390 e. The van der Waals surface area contributed by atoms with Gasteiger partial charge in [0, 0.05) is 5.39 Å². The van der Waals surface area contributed by atoms with E-state index >= 15 is 0 Å². The lowest BCUT2D eigenvalue weighted by molar-refractivity contribution is -0.183. The zero-order chi connectivity index (χ0) is 16.9. The Kier molecular flexibility index (Phi) is 4.69. The van der Waals surface area contributed by atoms with Gasteiger partial charge in [0.05, 0.1) is 6.61 Å². The highest BCUT2D eigenvalue weighted by molar-refractivity contribution is 5.93. The third-order valence-electron chi connectivity index (χ3n) is 3.61. The largest absolute Gasteiger partial charge is 0.487 e. The molecule has 0 radical (unpaired) electrons. The average Bonchev–Trinajstić information content (AvgIpc) is 2.65. The molecule has 6 nitrogen and oxygen atoms in total. The number of rotatable bonds is 5. The summed E-state index contributed by atoms with van der Waals surface area (Å²) in [6, 6.07) is 16.1. The molecule has 0 aliphatic carbocycles. The Morgan fingerprint density at radius 2 is 1.83 bits per heavy atom. The van der Waals surface area contributed by atoms with Crippen LogP contribution >= 0.6 is 0 Å². The fraction of sp³-hybridized carbons (Fsp3) is 0.111. The summed E-state index contributed by atoms with van der Waals surface area (Å²) in [5, 5.41) is 18.6. The minimum absolute atomic E-state index is 0.0512. The Morgan fingerprint density at radius 1 is 1.04 bits per heavy atom. The van der Waals surface area contributed by atoms with Crippen molar-refractivity contribution in [3.8, 4) is 5.75 Å². The van der Waals surface area contributed by atoms with Crippen LogP contribution in [-0.2, 0) is 18.1 Å². The number of hydrogen-bond donors (Lipinski definition) is 2. The number of pyridine rings is 1. The molecule has 0 aliphatic rings. The summed E-state index contributed by atoms with van der Waals surface area (Å²) < 4.78 is 5.81. The SMILES string of the molecule is O=C(OO)c1ccc2c(CO)ccc(OCc3ccccc3)c2n1. The van der Waals surface area contributed by atoms with Gasteiger partial charge < -0.3 is 9.84 Å². The Hall–Kier alpha value is -2.96. The molecule has 6 heteroatoms. The first-order valence-electron chi connectivity index (χ1n) is 7.29. The van der Waals surface area contributed by atoms with E-state index < -0.39 is 5.97 Å². The molecule has 1 aromatic heterocycles. The zero-order valence-electron chi connectivity index (χ0n) is 12.7. The maximum absolute atomic E-state index is 11.5. The predicted molar refractivity (Wildman–Crippen MR) is 86.5 cm³/mol. The lowest BCUT2D eigenvalue weighted by atomic mass is 10.1. The monoisotopic (exact) mass is 325 g/mol. The summed E-state index contributed by atoms with van der Waals surface area (Å²) in [6.45, 7) is 0.172. The number of aliphatic hydroxyl groups excluding tert-OH is 1. The normalized spacial score (nSPS) is 10.6. The fourth-order valence-electron chi connectivity index (χ4n) is 2.40. The van der Waals surface area contributed by atoms with E-state index in [0.29, 0.717) is 28.8 Å². The number of benzene rings is 2. The van der Waals surface area contributed by atoms with Gasteiger partial charge in [-0.25, -0.2) is 9.78 Å². The minimum Gasteiger partial charge on any atom is -0.487 e. The molecule has 1 heterocycles. The van der Waals surface area contributed by atoms with Gasteiger partial charge >= 0.3 is 5.97 Å². The van der Waals surface area contributed by atoms with Crippen molar-refractivity contribution in [1.29, 1.82) is 0 Å². The van der Waals surface area contributed by atoms with Crippen molar-refractivity contribution in [3.63, 3.8) is 0 Å². The molecule has 0 fully saturated rings. The summed E-state index contributed by atoms with van der Waals surface area (Å²) in [5.74, 6) is -0.487. The van der Waals surface area contributed by atoms with Gasteiger partial charge in [0.15, 0.2) is 5.69 Å². The number of fused-ring (bicyclic) bond motifs is 1. The highest BCUT2D eigenvalue weighted by Crippen LogP contribution is 2.28. The quantitative estimate of drug-likeness (QED) is 0.554. The highest BCUT2D eigenvalue weighted by Gasteiger charge is 2.14.